The van der Waals surface area contributed by atoms with Crippen molar-refractivity contribution in [1.29, 1.82) is 0 Å². The summed E-state index contributed by atoms with van der Waals surface area (Å²) in [6.07, 6.45) is 0. The molecule has 2 aromatic heterocycles. The van der Waals surface area contributed by atoms with Gasteiger partial charge in [0, 0.05) is 106 Å². The summed E-state index contributed by atoms with van der Waals surface area (Å²) >= 11 is 0. The van der Waals surface area contributed by atoms with Crippen molar-refractivity contribution in [1.82, 2.24) is 30.2 Å². The van der Waals surface area contributed by atoms with Crippen LogP contribution in [0.4, 0.5) is 34.9 Å². The van der Waals surface area contributed by atoms with Crippen molar-refractivity contribution in [2.24, 2.45) is 11.8 Å². The molecule has 0 bridgehead atoms. The summed E-state index contributed by atoms with van der Waals surface area (Å²) in [4.78, 5) is 19.9. The molecule has 2 aliphatic rings. The maximum absolute atomic E-state index is 7.00. The number of ether oxygens (including phenoxy) is 4. The van der Waals surface area contributed by atoms with E-state index in [1.54, 1.807) is 14.2 Å². The van der Waals surface area contributed by atoms with Gasteiger partial charge in [-0.3, -0.25) is 0 Å². The molecular weight excluding hydrogens is 652 g/mol. The molecule has 0 saturated carbocycles. The molecule has 0 atom stereocenters. The quantitative estimate of drug-likeness (QED) is 0.110. The third kappa shape index (κ3) is 11.5. The summed E-state index contributed by atoms with van der Waals surface area (Å²) in [6, 6.07) is 15.2. The smallest absolute Gasteiger partial charge is 0.229 e. The lowest BCUT2D eigenvalue weighted by atomic mass is 10.0. The van der Waals surface area contributed by atoms with Crippen LogP contribution in [0.2, 0.25) is 0 Å². The Kier molecular flexibility index (Phi) is 14.7. The molecule has 0 radical (unpaired) electrons. The predicted octanol–water partition coefficient (Wildman–Crippen LogP) is 4.30. The lowest BCUT2D eigenvalue weighted by molar-refractivity contribution is 0.0845. The first-order valence-electron chi connectivity index (χ1n) is 16.8. The van der Waals surface area contributed by atoms with Crippen molar-refractivity contribution in [3.8, 4) is 23.0 Å². The van der Waals surface area contributed by atoms with E-state index in [-0.39, 0.29) is 0 Å². The normalized spacial score (nSPS) is 13.9. The molecule has 51 heavy (non-hydrogen) atoms. The van der Waals surface area contributed by atoms with Gasteiger partial charge in [0.1, 0.15) is 11.6 Å². The predicted molar refractivity (Wildman–Crippen MR) is 202 cm³/mol. The summed E-state index contributed by atoms with van der Waals surface area (Å²) < 4.78 is 22.7. The van der Waals surface area contributed by atoms with Gasteiger partial charge in [-0.25, -0.2) is 9.97 Å². The molecule has 0 unspecified atom stereocenters. The molecular formula is C36H52N10O5. The zero-order valence-corrected chi connectivity index (χ0v) is 30.8. The highest BCUT2D eigenvalue weighted by molar-refractivity contribution is 5.62. The largest absolute Gasteiger partial charge is 0.493 e. The average molecular weight is 705 g/mol. The van der Waals surface area contributed by atoms with E-state index in [1.165, 1.54) is 0 Å². The first kappa shape index (κ1) is 38.7. The number of nitrogens with zero attached hydrogens (tertiary/aromatic N) is 5. The molecule has 6 N–H and O–H groups in total. The first-order chi connectivity index (χ1) is 24.7. The average Bonchev–Trinajstić information content (AvgIpc) is 3.09. The Hall–Kier alpha value is -5.12. The van der Waals surface area contributed by atoms with Crippen molar-refractivity contribution < 1.29 is 24.1 Å². The molecule has 2 saturated heterocycles. The zero-order chi connectivity index (χ0) is 36.8. The molecule has 4 heterocycles. The van der Waals surface area contributed by atoms with Crippen LogP contribution in [0.3, 0.4) is 0 Å². The van der Waals surface area contributed by atoms with Gasteiger partial charge >= 0.3 is 0 Å². The second-order valence-electron chi connectivity index (χ2n) is 12.2. The highest BCUT2D eigenvalue weighted by Crippen LogP contribution is 2.33. The number of rotatable bonds is 14. The Morgan fingerprint density at radius 2 is 1.14 bits per heavy atom. The van der Waals surface area contributed by atoms with Crippen LogP contribution in [0.25, 0.3) is 0 Å². The Morgan fingerprint density at radius 3 is 1.51 bits per heavy atom. The third-order valence-electron chi connectivity index (χ3n) is 8.02. The van der Waals surface area contributed by atoms with E-state index in [0.29, 0.717) is 42.7 Å². The van der Waals surface area contributed by atoms with Crippen LogP contribution >= 0.6 is 0 Å². The number of aryl methyl sites for hydroxylation is 2. The first-order valence-corrected chi connectivity index (χ1v) is 16.8. The van der Waals surface area contributed by atoms with Crippen LogP contribution in [-0.2, 0) is 0 Å². The van der Waals surface area contributed by atoms with Crippen LogP contribution in [0.5, 0.6) is 23.0 Å². The molecule has 6 rings (SSSR count). The minimum absolute atomic E-state index is 0.540. The third-order valence-corrected chi connectivity index (χ3v) is 8.02. The maximum atomic E-state index is 7.00. The Balaban J connectivity index is 0.000000218. The van der Waals surface area contributed by atoms with E-state index in [9.17, 15) is 0 Å². The van der Waals surface area contributed by atoms with Gasteiger partial charge in [0.15, 0.2) is 23.0 Å². The minimum atomic E-state index is 0.540. The number of hydrogen-bond donors (Lipinski definition) is 6. The number of anilines is 6. The topological polar surface area (TPSA) is 172 Å². The van der Waals surface area contributed by atoms with Gasteiger partial charge in [0.05, 0.1) is 27.4 Å². The number of benzene rings is 2. The Morgan fingerprint density at radius 1 is 0.686 bits per heavy atom. The highest BCUT2D eigenvalue weighted by Gasteiger charge is 2.24. The lowest BCUT2D eigenvalue weighted by Gasteiger charge is -2.35. The number of aliphatic hydroxyl groups is 1. The van der Waals surface area contributed by atoms with Crippen molar-refractivity contribution in [3.05, 3.63) is 59.9 Å². The van der Waals surface area contributed by atoms with Crippen LogP contribution in [-0.4, -0.2) is 112 Å². The molecule has 15 heteroatoms. The van der Waals surface area contributed by atoms with Crippen molar-refractivity contribution in [3.63, 3.8) is 0 Å². The molecule has 4 aromatic rings. The zero-order valence-electron chi connectivity index (χ0n) is 30.8. The summed E-state index contributed by atoms with van der Waals surface area (Å²) in [5.74, 6) is 6.64. The van der Waals surface area contributed by atoms with Gasteiger partial charge in [-0.05, 0) is 45.2 Å². The second kappa shape index (κ2) is 19.3. The van der Waals surface area contributed by atoms with Crippen molar-refractivity contribution in [2.75, 3.05) is 103 Å². The number of methoxy groups -OCH3 is 2. The fraction of sp³-hybridized carbons (Fsp3) is 0.444. The molecule has 276 valence electrons. The molecule has 0 aliphatic carbocycles. The Labute approximate surface area is 300 Å². The van der Waals surface area contributed by atoms with Gasteiger partial charge in [0.25, 0.3) is 0 Å². The summed E-state index contributed by atoms with van der Waals surface area (Å²) in [5, 5.41) is 22.7. The van der Waals surface area contributed by atoms with Gasteiger partial charge in [-0.15, -0.1) is 0 Å². The number of aromatic nitrogens is 4. The number of nitrogens with one attached hydrogen (secondary N) is 5. The van der Waals surface area contributed by atoms with Gasteiger partial charge in [-0.1, -0.05) is 0 Å². The fourth-order valence-corrected chi connectivity index (χ4v) is 5.31. The lowest BCUT2D eigenvalue weighted by Crippen LogP contribution is -2.46. The highest BCUT2D eigenvalue weighted by atomic mass is 16.5. The van der Waals surface area contributed by atoms with E-state index in [1.807, 2.05) is 76.5 Å². The number of hydrogen-bond acceptors (Lipinski definition) is 15. The van der Waals surface area contributed by atoms with Crippen molar-refractivity contribution in [2.45, 2.75) is 13.8 Å². The molecule has 0 amide bonds. The SMILES string of the molecule is CNc1cc(C)nc(Nc2ccc(OC)c(OCC3CN(C)C3)c2)n1.CNc1cc(C)nc(Nc2ccc(OC)c(OCC3CNC3)c2)n1.CO. The van der Waals surface area contributed by atoms with Crippen LogP contribution in [0, 0.1) is 25.7 Å². The van der Waals surface area contributed by atoms with E-state index >= 15 is 0 Å². The monoisotopic (exact) mass is 704 g/mol. The maximum Gasteiger partial charge on any atom is 0.229 e. The van der Waals surface area contributed by atoms with E-state index < -0.39 is 0 Å². The second-order valence-corrected chi connectivity index (χ2v) is 12.2. The summed E-state index contributed by atoms with van der Waals surface area (Å²) in [7, 11) is 10.1. The minimum Gasteiger partial charge on any atom is -0.493 e. The summed E-state index contributed by atoms with van der Waals surface area (Å²) in [5.41, 5.74) is 3.49. The molecule has 2 aliphatic heterocycles. The fourth-order valence-electron chi connectivity index (χ4n) is 5.31. The van der Waals surface area contributed by atoms with E-state index in [0.717, 1.165) is 84.9 Å². The van der Waals surface area contributed by atoms with Crippen LogP contribution in [0.15, 0.2) is 48.5 Å². The molecule has 2 aromatic carbocycles. The number of aliphatic hydroxyl groups excluding tert-OH is 1. The van der Waals surface area contributed by atoms with Crippen LogP contribution in [0.1, 0.15) is 11.4 Å². The van der Waals surface area contributed by atoms with Crippen LogP contribution < -0.4 is 45.5 Å². The van der Waals surface area contributed by atoms with Gasteiger partial charge < -0.3 is 55.5 Å². The van der Waals surface area contributed by atoms with Crippen molar-refractivity contribution >= 4 is 34.9 Å². The van der Waals surface area contributed by atoms with E-state index in [2.05, 4.69) is 58.5 Å². The van der Waals surface area contributed by atoms with Gasteiger partial charge in [0.2, 0.25) is 11.9 Å². The van der Waals surface area contributed by atoms with Gasteiger partial charge in [-0.2, -0.15) is 9.97 Å². The Bertz CT molecular complexity index is 1680. The van der Waals surface area contributed by atoms with E-state index in [4.69, 9.17) is 24.1 Å². The standard InChI is InChI=1S/C18H25N5O2.C17H23N5O2.CH4O/c1-12-7-17(19-2)22-18(20-12)21-14-5-6-15(24-4)16(8-14)25-11-13-9-23(3)10-13;1-11-6-16(18-2)22-17(20-11)21-13-4-5-14(23-3)15(7-13)24-10-12-8-19-9-12;1-2/h5-8,13H,9-11H2,1-4H3,(H2,19,20,21,22);4-7,12,19H,8-10H2,1-3H3,(H2,18,20,21,22);2H,1H3. The number of likely N-dealkylation sites (tertiary alicyclic amines) is 1. The molecule has 2 fully saturated rings. The summed E-state index contributed by atoms with van der Waals surface area (Å²) in [6.45, 7) is 9.39. The molecule has 15 nitrogen and oxygen atoms in total. The molecule has 0 spiro atoms.